The first kappa shape index (κ1) is 21.0. The topological polar surface area (TPSA) is 97.6 Å². The second-order valence-electron chi connectivity index (χ2n) is 6.73. The second kappa shape index (κ2) is 9.05. The van der Waals surface area contributed by atoms with Gasteiger partial charge in [0.25, 0.3) is 0 Å². The summed E-state index contributed by atoms with van der Waals surface area (Å²) in [6, 6.07) is 7.16. The Hall–Kier alpha value is -2.32. The number of benzene rings is 1. The van der Waals surface area contributed by atoms with Gasteiger partial charge in [0, 0.05) is 0 Å². The summed E-state index contributed by atoms with van der Waals surface area (Å²) in [5, 5.41) is 2.71. The van der Waals surface area contributed by atoms with Crippen molar-refractivity contribution >= 4 is 15.9 Å². The molecule has 0 unspecified atom stereocenters. The highest BCUT2D eigenvalue weighted by Crippen LogP contribution is 2.22. The van der Waals surface area contributed by atoms with E-state index in [2.05, 4.69) is 10.0 Å². The Bertz CT molecular complexity index is 860. The van der Waals surface area contributed by atoms with E-state index in [0.29, 0.717) is 23.5 Å². The van der Waals surface area contributed by atoms with Crippen molar-refractivity contribution in [2.45, 2.75) is 44.7 Å². The molecule has 0 aliphatic heterocycles. The maximum atomic E-state index is 12.8. The van der Waals surface area contributed by atoms with Crippen molar-refractivity contribution in [2.24, 2.45) is 5.92 Å². The number of methoxy groups -OCH3 is 1. The summed E-state index contributed by atoms with van der Waals surface area (Å²) in [5.74, 6) is 0.933. The summed E-state index contributed by atoms with van der Waals surface area (Å²) < 4.78 is 38.4. The van der Waals surface area contributed by atoms with Crippen molar-refractivity contribution in [3.63, 3.8) is 0 Å². The van der Waals surface area contributed by atoms with Gasteiger partial charge in [0.1, 0.15) is 17.6 Å². The fraction of sp³-hybridized carbons (Fsp3) is 0.421. The van der Waals surface area contributed by atoms with Crippen molar-refractivity contribution in [2.75, 3.05) is 7.11 Å². The molecule has 0 spiro atoms. The van der Waals surface area contributed by atoms with Gasteiger partial charge in [0.2, 0.25) is 15.9 Å². The average Bonchev–Trinajstić information content (AvgIpc) is 3.12. The molecule has 0 radical (unpaired) electrons. The van der Waals surface area contributed by atoms with E-state index in [1.807, 2.05) is 13.8 Å². The maximum absolute atomic E-state index is 12.8. The van der Waals surface area contributed by atoms with Gasteiger partial charge < -0.3 is 14.5 Å². The van der Waals surface area contributed by atoms with Gasteiger partial charge in [-0.1, -0.05) is 13.8 Å². The number of ether oxygens (including phenoxy) is 1. The molecule has 0 saturated carbocycles. The van der Waals surface area contributed by atoms with Gasteiger partial charge in [-0.2, -0.15) is 4.72 Å². The highest BCUT2D eigenvalue weighted by molar-refractivity contribution is 7.89. The number of hydrogen-bond donors (Lipinski definition) is 2. The molecule has 2 aromatic rings. The number of carbonyl (C=O) groups excluding carboxylic acids is 1. The molecule has 0 saturated heterocycles. The van der Waals surface area contributed by atoms with Crippen LogP contribution in [-0.2, 0) is 21.4 Å². The number of sulfonamides is 1. The highest BCUT2D eigenvalue weighted by atomic mass is 32.2. The van der Waals surface area contributed by atoms with E-state index >= 15 is 0 Å². The Morgan fingerprint density at radius 3 is 2.56 bits per heavy atom. The lowest BCUT2D eigenvalue weighted by Gasteiger charge is -2.20. The first-order valence-corrected chi connectivity index (χ1v) is 10.2. The minimum atomic E-state index is -3.86. The minimum absolute atomic E-state index is 0.0911. The molecule has 1 heterocycles. The molecule has 148 valence electrons. The fourth-order valence-electron chi connectivity index (χ4n) is 2.66. The molecule has 0 bridgehead atoms. The SMILES string of the molecule is COc1ccc(S(=O)(=O)N[C@@H](CC(C)C)C(=O)NCc2ccco2)cc1C. The largest absolute Gasteiger partial charge is 0.496 e. The van der Waals surface area contributed by atoms with E-state index in [1.54, 1.807) is 25.1 Å². The van der Waals surface area contributed by atoms with Crippen LogP contribution in [-0.4, -0.2) is 27.5 Å². The Kier molecular flexibility index (Phi) is 7.04. The molecule has 27 heavy (non-hydrogen) atoms. The smallest absolute Gasteiger partial charge is 0.241 e. The Balaban J connectivity index is 2.15. The van der Waals surface area contributed by atoms with Crippen LogP contribution in [0.1, 0.15) is 31.6 Å². The van der Waals surface area contributed by atoms with Crippen molar-refractivity contribution in [1.29, 1.82) is 0 Å². The molecule has 8 heteroatoms. The molecule has 2 rings (SSSR count). The van der Waals surface area contributed by atoms with Gasteiger partial charge in [-0.05, 0) is 55.2 Å². The number of rotatable bonds is 9. The third-order valence-electron chi connectivity index (χ3n) is 4.01. The Morgan fingerprint density at radius 1 is 1.26 bits per heavy atom. The van der Waals surface area contributed by atoms with E-state index in [0.717, 1.165) is 0 Å². The van der Waals surface area contributed by atoms with Gasteiger partial charge in [-0.25, -0.2) is 8.42 Å². The first-order valence-electron chi connectivity index (χ1n) is 8.70. The lowest BCUT2D eigenvalue weighted by molar-refractivity contribution is -0.123. The van der Waals surface area contributed by atoms with Crippen LogP contribution in [0.5, 0.6) is 5.75 Å². The second-order valence-corrected chi connectivity index (χ2v) is 8.45. The minimum Gasteiger partial charge on any atom is -0.496 e. The van der Waals surface area contributed by atoms with Crippen LogP contribution in [0.2, 0.25) is 0 Å². The Morgan fingerprint density at radius 2 is 2.00 bits per heavy atom. The lowest BCUT2D eigenvalue weighted by Crippen LogP contribution is -2.47. The first-order chi connectivity index (χ1) is 12.7. The standard InChI is InChI=1S/C19H26N2O5S/c1-13(2)10-17(19(22)20-12-15-6-5-9-26-15)21-27(23,24)16-7-8-18(25-4)14(3)11-16/h5-9,11,13,17,21H,10,12H2,1-4H3,(H,20,22)/t17-/m0/s1. The van der Waals surface area contributed by atoms with Crippen LogP contribution in [0, 0.1) is 12.8 Å². The quantitative estimate of drug-likeness (QED) is 0.681. The molecule has 1 aromatic carbocycles. The number of hydrogen-bond acceptors (Lipinski definition) is 5. The number of amides is 1. The third kappa shape index (κ3) is 5.83. The lowest BCUT2D eigenvalue weighted by atomic mass is 10.0. The highest BCUT2D eigenvalue weighted by Gasteiger charge is 2.27. The molecule has 1 amide bonds. The number of nitrogens with one attached hydrogen (secondary N) is 2. The predicted octanol–water partition coefficient (Wildman–Crippen LogP) is 2.61. The molecule has 1 atom stereocenters. The molecular formula is C19H26N2O5S. The van der Waals surface area contributed by atoms with E-state index in [4.69, 9.17) is 9.15 Å². The number of carbonyl (C=O) groups is 1. The summed E-state index contributed by atoms with van der Waals surface area (Å²) in [5.41, 5.74) is 0.697. The van der Waals surface area contributed by atoms with Gasteiger partial charge in [-0.3, -0.25) is 4.79 Å². The van der Waals surface area contributed by atoms with E-state index in [1.165, 1.54) is 25.5 Å². The zero-order valence-electron chi connectivity index (χ0n) is 16.0. The number of furan rings is 1. The van der Waals surface area contributed by atoms with Gasteiger partial charge in [0.05, 0.1) is 24.8 Å². The van der Waals surface area contributed by atoms with Crippen LogP contribution in [0.25, 0.3) is 0 Å². The van der Waals surface area contributed by atoms with Crippen molar-refractivity contribution < 1.29 is 22.4 Å². The molecular weight excluding hydrogens is 368 g/mol. The van der Waals surface area contributed by atoms with E-state index in [-0.39, 0.29) is 17.4 Å². The van der Waals surface area contributed by atoms with Crippen molar-refractivity contribution in [3.05, 3.63) is 47.9 Å². The predicted molar refractivity (Wildman–Crippen MR) is 102 cm³/mol. The molecule has 0 fully saturated rings. The Labute approximate surface area is 160 Å². The molecule has 1 aromatic heterocycles. The van der Waals surface area contributed by atoms with E-state index < -0.39 is 22.0 Å². The van der Waals surface area contributed by atoms with Crippen LogP contribution in [0.4, 0.5) is 0 Å². The molecule has 0 aliphatic carbocycles. The van der Waals surface area contributed by atoms with Gasteiger partial charge in [0.15, 0.2) is 0 Å². The van der Waals surface area contributed by atoms with Crippen LogP contribution >= 0.6 is 0 Å². The average molecular weight is 394 g/mol. The fourth-order valence-corrected chi connectivity index (χ4v) is 3.96. The zero-order valence-corrected chi connectivity index (χ0v) is 16.8. The number of aryl methyl sites for hydroxylation is 1. The van der Waals surface area contributed by atoms with Crippen LogP contribution in [0.15, 0.2) is 45.9 Å². The maximum Gasteiger partial charge on any atom is 0.241 e. The van der Waals surface area contributed by atoms with E-state index in [9.17, 15) is 13.2 Å². The van der Waals surface area contributed by atoms with Gasteiger partial charge >= 0.3 is 0 Å². The summed E-state index contributed by atoms with van der Waals surface area (Å²) in [4.78, 5) is 12.6. The summed E-state index contributed by atoms with van der Waals surface area (Å²) in [7, 11) is -2.33. The molecule has 0 aliphatic rings. The third-order valence-corrected chi connectivity index (χ3v) is 5.48. The monoisotopic (exact) mass is 394 g/mol. The molecule has 7 nitrogen and oxygen atoms in total. The van der Waals surface area contributed by atoms with Gasteiger partial charge in [-0.15, -0.1) is 0 Å². The summed E-state index contributed by atoms with van der Waals surface area (Å²) in [6.07, 6.45) is 1.89. The molecule has 2 N–H and O–H groups in total. The van der Waals surface area contributed by atoms with Crippen molar-refractivity contribution in [3.8, 4) is 5.75 Å². The van der Waals surface area contributed by atoms with Crippen molar-refractivity contribution in [1.82, 2.24) is 10.0 Å². The summed E-state index contributed by atoms with van der Waals surface area (Å²) in [6.45, 7) is 5.82. The van der Waals surface area contributed by atoms with Crippen LogP contribution < -0.4 is 14.8 Å². The van der Waals surface area contributed by atoms with Crippen LogP contribution in [0.3, 0.4) is 0 Å². The summed E-state index contributed by atoms with van der Waals surface area (Å²) >= 11 is 0. The zero-order chi connectivity index (χ0) is 20.0. The normalized spacial score (nSPS) is 12.8.